The van der Waals surface area contributed by atoms with Crippen LogP contribution in [0.3, 0.4) is 0 Å². The van der Waals surface area contributed by atoms with Gasteiger partial charge in [0.2, 0.25) is 6.29 Å². The van der Waals surface area contributed by atoms with Crippen LogP contribution in [0.1, 0.15) is 106 Å². The monoisotopic (exact) mass is 929 g/mol. The Hall–Kier alpha value is -1.43. The molecule has 8 aliphatic rings. The van der Waals surface area contributed by atoms with Crippen LogP contribution in [0.4, 0.5) is 0 Å². The summed E-state index contributed by atoms with van der Waals surface area (Å²) in [5.74, 6) is -0.485. The average Bonchev–Trinajstić information content (AvgIpc) is 3.26. The van der Waals surface area contributed by atoms with E-state index in [1.54, 1.807) is 0 Å². The summed E-state index contributed by atoms with van der Waals surface area (Å²) < 4.78 is 35.2. The molecule has 8 rings (SSSR count). The van der Waals surface area contributed by atoms with Gasteiger partial charge in [-0.25, -0.2) is 0 Å². The number of hydrogen-bond acceptors (Lipinski definition) is 18. The first kappa shape index (κ1) is 50.0. The van der Waals surface area contributed by atoms with E-state index in [0.717, 1.165) is 38.5 Å². The fourth-order valence-corrected chi connectivity index (χ4v) is 14.7. The van der Waals surface area contributed by atoms with E-state index in [9.17, 15) is 61.0 Å². The van der Waals surface area contributed by atoms with Crippen molar-refractivity contribution in [3.63, 3.8) is 0 Å². The SMILES string of the molecule is CC1(C)CCC2(C(=O)O[C@H]3O[C@H](COC4O[C@H](CO)[C@@H](O)[C@H](O)C4O)[C@@H](O)[C@H](O)[C@H]3O)CC[C@]3(C)C(=CC[C@@H]4[C@@]5(C)CC[C@H](OC6OC[C@H](O)[C@H](O)[C@H]6O)[C@@](C)(CO)C5CC[C@]43C)[C@@H]2C1. The first-order valence-electron chi connectivity index (χ1n) is 23.9. The molecule has 3 heterocycles. The number of allylic oxidation sites excluding steroid dienone is 2. The standard InChI is InChI=1S/C47H76O18/c1-42(2)13-15-47(41(59)65-40-37(58)34(55)32(53)26(63-40)20-61-38-36(57)33(54)31(52)25(18-48)62-38)16-14-45(5)22(23(47)17-42)7-8-28-43(3)11-10-29(64-39-35(56)30(51)24(50)19-60-39)44(4,21-49)27(43)9-12-46(28,45)6/h7,23-40,48-58H,8-21H2,1-6H3/t23-,24-,25+,26+,27?,28+,29-,30-,31+,32+,33-,34-,35+,36?,37+,38?,39?,40+,43-,44-,45+,46+,47?/m0/s1. The minimum atomic E-state index is -1.81. The number of carbonyl (C=O) groups is 1. The zero-order chi connectivity index (χ0) is 47.4. The minimum absolute atomic E-state index is 0.0557. The third-order valence-corrected chi connectivity index (χ3v) is 19.0. The summed E-state index contributed by atoms with van der Waals surface area (Å²) in [6.07, 6.45) is -12.5. The molecular formula is C47H76O18. The average molecular weight is 929 g/mol. The number of aliphatic hydroxyl groups is 11. The molecule has 5 unspecified atom stereocenters. The van der Waals surface area contributed by atoms with Gasteiger partial charge in [-0.15, -0.1) is 0 Å². The van der Waals surface area contributed by atoms with E-state index in [-0.39, 0.29) is 52.6 Å². The molecule has 7 fully saturated rings. The van der Waals surface area contributed by atoms with Crippen LogP contribution in [-0.2, 0) is 33.2 Å². The maximum Gasteiger partial charge on any atom is 0.315 e. The molecule has 5 aliphatic carbocycles. The molecule has 11 N–H and O–H groups in total. The van der Waals surface area contributed by atoms with Crippen molar-refractivity contribution in [1.29, 1.82) is 0 Å². The van der Waals surface area contributed by atoms with Gasteiger partial charge in [0.25, 0.3) is 0 Å². The number of aliphatic hydroxyl groups excluding tert-OH is 11. The molecule has 0 radical (unpaired) electrons. The second kappa shape index (κ2) is 17.8. The fraction of sp³-hybridized carbons (Fsp3) is 0.936. The van der Waals surface area contributed by atoms with E-state index < -0.39 is 122 Å². The van der Waals surface area contributed by atoms with Gasteiger partial charge in [0.1, 0.15) is 67.1 Å². The summed E-state index contributed by atoms with van der Waals surface area (Å²) in [4.78, 5) is 14.9. The van der Waals surface area contributed by atoms with E-state index in [1.807, 2.05) is 0 Å². The highest BCUT2D eigenvalue weighted by molar-refractivity contribution is 5.79. The number of hydrogen-bond donors (Lipinski definition) is 11. The summed E-state index contributed by atoms with van der Waals surface area (Å²) in [5, 5.41) is 116. The molecule has 4 saturated carbocycles. The third kappa shape index (κ3) is 7.89. The van der Waals surface area contributed by atoms with Crippen LogP contribution in [0, 0.1) is 50.2 Å². The molecule has 23 atom stereocenters. The van der Waals surface area contributed by atoms with Crippen molar-refractivity contribution in [2.45, 2.75) is 198 Å². The third-order valence-electron chi connectivity index (χ3n) is 19.0. The zero-order valence-electron chi connectivity index (χ0n) is 38.6. The lowest BCUT2D eigenvalue weighted by atomic mass is 9.33. The summed E-state index contributed by atoms with van der Waals surface area (Å²) >= 11 is 0. The van der Waals surface area contributed by atoms with Gasteiger partial charge >= 0.3 is 5.97 Å². The van der Waals surface area contributed by atoms with Gasteiger partial charge in [0.15, 0.2) is 12.6 Å². The molecule has 0 spiro atoms. The Kier molecular flexibility index (Phi) is 13.7. The quantitative estimate of drug-likeness (QED) is 0.0808. The number of esters is 1. The molecule has 0 amide bonds. The maximum atomic E-state index is 14.9. The van der Waals surface area contributed by atoms with Gasteiger partial charge in [-0.2, -0.15) is 0 Å². The Bertz CT molecular complexity index is 1760. The first-order chi connectivity index (χ1) is 30.4. The summed E-state index contributed by atoms with van der Waals surface area (Å²) in [7, 11) is 0. The van der Waals surface area contributed by atoms with Crippen LogP contribution in [0.2, 0.25) is 0 Å². The van der Waals surface area contributed by atoms with Crippen molar-refractivity contribution in [3.05, 3.63) is 11.6 Å². The smallest absolute Gasteiger partial charge is 0.315 e. The fourth-order valence-electron chi connectivity index (χ4n) is 14.7. The van der Waals surface area contributed by atoms with E-state index in [0.29, 0.717) is 25.7 Å². The van der Waals surface area contributed by atoms with Crippen LogP contribution in [0.15, 0.2) is 11.6 Å². The Morgan fingerprint density at radius 2 is 1.32 bits per heavy atom. The number of fused-ring (bicyclic) bond motifs is 7. The van der Waals surface area contributed by atoms with Gasteiger partial charge < -0.3 is 84.6 Å². The normalized spacial score (nSPS) is 54.3. The van der Waals surface area contributed by atoms with E-state index in [1.165, 1.54) is 5.57 Å². The molecule has 3 saturated heterocycles. The Morgan fingerprint density at radius 1 is 0.692 bits per heavy atom. The molecule has 0 bridgehead atoms. The van der Waals surface area contributed by atoms with Crippen molar-refractivity contribution in [2.24, 2.45) is 50.2 Å². The molecule has 18 heteroatoms. The number of ether oxygens (including phenoxy) is 6. The highest BCUT2D eigenvalue weighted by atomic mass is 16.7. The lowest BCUT2D eigenvalue weighted by Crippen LogP contribution is -2.67. The molecule has 18 nitrogen and oxygen atoms in total. The highest BCUT2D eigenvalue weighted by Crippen LogP contribution is 2.76. The van der Waals surface area contributed by atoms with Crippen molar-refractivity contribution in [3.8, 4) is 0 Å². The molecule has 3 aliphatic heterocycles. The van der Waals surface area contributed by atoms with Gasteiger partial charge in [-0.3, -0.25) is 4.79 Å². The van der Waals surface area contributed by atoms with E-state index in [2.05, 4.69) is 47.6 Å². The summed E-state index contributed by atoms with van der Waals surface area (Å²) in [5.41, 5.74) is -1.23. The van der Waals surface area contributed by atoms with Crippen LogP contribution in [0.25, 0.3) is 0 Å². The number of carbonyl (C=O) groups excluding carboxylic acids is 1. The minimum Gasteiger partial charge on any atom is -0.432 e. The largest absolute Gasteiger partial charge is 0.432 e. The Balaban J connectivity index is 1.02. The van der Waals surface area contributed by atoms with Crippen molar-refractivity contribution < 1.29 is 89.4 Å². The van der Waals surface area contributed by atoms with Crippen LogP contribution in [-0.4, -0.2) is 181 Å². The second-order valence-electron chi connectivity index (χ2n) is 22.9. The molecule has 0 aromatic carbocycles. The van der Waals surface area contributed by atoms with Crippen molar-refractivity contribution in [2.75, 3.05) is 26.4 Å². The number of rotatable bonds is 9. The van der Waals surface area contributed by atoms with Crippen molar-refractivity contribution in [1.82, 2.24) is 0 Å². The Morgan fingerprint density at radius 3 is 2.00 bits per heavy atom. The summed E-state index contributed by atoms with van der Waals surface area (Å²) in [6.45, 7) is 12.1. The van der Waals surface area contributed by atoms with E-state index in [4.69, 9.17) is 28.4 Å². The van der Waals surface area contributed by atoms with Gasteiger partial charge in [-0.05, 0) is 104 Å². The second-order valence-corrected chi connectivity index (χ2v) is 22.9. The van der Waals surface area contributed by atoms with Crippen LogP contribution in [0.5, 0.6) is 0 Å². The van der Waals surface area contributed by atoms with Gasteiger partial charge in [0, 0.05) is 5.41 Å². The highest BCUT2D eigenvalue weighted by Gasteiger charge is 2.70. The molecule has 65 heavy (non-hydrogen) atoms. The van der Waals surface area contributed by atoms with Crippen LogP contribution >= 0.6 is 0 Å². The van der Waals surface area contributed by atoms with E-state index >= 15 is 0 Å². The first-order valence-corrected chi connectivity index (χ1v) is 23.9. The molecule has 372 valence electrons. The zero-order valence-corrected chi connectivity index (χ0v) is 38.6. The lowest BCUT2D eigenvalue weighted by Gasteiger charge is -2.71. The maximum absolute atomic E-state index is 14.9. The predicted molar refractivity (Wildman–Crippen MR) is 226 cm³/mol. The van der Waals surface area contributed by atoms with Crippen LogP contribution < -0.4 is 0 Å². The Labute approximate surface area is 380 Å². The van der Waals surface area contributed by atoms with Gasteiger partial charge in [-0.1, -0.05) is 53.2 Å². The van der Waals surface area contributed by atoms with Crippen molar-refractivity contribution >= 4 is 5.97 Å². The lowest BCUT2D eigenvalue weighted by molar-refractivity contribution is -0.328. The molecule has 0 aromatic rings. The molecule has 0 aromatic heterocycles. The predicted octanol–water partition coefficient (Wildman–Crippen LogP) is -0.248. The van der Waals surface area contributed by atoms with Gasteiger partial charge in [0.05, 0.1) is 37.9 Å². The summed E-state index contributed by atoms with van der Waals surface area (Å²) in [6, 6.07) is 0. The molecular weight excluding hydrogens is 852 g/mol. The topological polar surface area (TPSA) is 295 Å².